The van der Waals surface area contributed by atoms with Crippen molar-refractivity contribution in [3.63, 3.8) is 0 Å². The number of amides is 4. The maximum absolute atomic E-state index is 14.2. The number of likely N-dealkylation sites (tertiary alicyclic amines) is 1. The van der Waals surface area contributed by atoms with Crippen molar-refractivity contribution in [2.75, 3.05) is 54.0 Å². The highest BCUT2D eigenvalue weighted by molar-refractivity contribution is 7.81. The first-order valence-corrected chi connectivity index (χ1v) is 27.2. The van der Waals surface area contributed by atoms with Crippen LogP contribution in [0.4, 0.5) is 30.4 Å². The summed E-state index contributed by atoms with van der Waals surface area (Å²) in [5.74, 6) is 5.60. The predicted molar refractivity (Wildman–Crippen MR) is 298 cm³/mol. The van der Waals surface area contributed by atoms with Crippen LogP contribution in [-0.2, 0) is 25.4 Å². The van der Waals surface area contributed by atoms with Crippen molar-refractivity contribution in [1.82, 2.24) is 30.4 Å². The minimum Gasteiger partial charge on any atom is -0.391 e. The van der Waals surface area contributed by atoms with E-state index in [-0.39, 0.29) is 48.0 Å². The fourth-order valence-electron chi connectivity index (χ4n) is 10.0. The van der Waals surface area contributed by atoms with Crippen LogP contribution in [0.1, 0.15) is 107 Å². The zero-order valence-electron chi connectivity index (χ0n) is 44.6. The minimum absolute atomic E-state index is 0.00146. The van der Waals surface area contributed by atoms with E-state index < -0.39 is 58.3 Å². The van der Waals surface area contributed by atoms with Gasteiger partial charge >= 0.3 is 6.18 Å². The monoisotopic (exact) mass is 1100 g/mol. The van der Waals surface area contributed by atoms with E-state index in [1.54, 1.807) is 66.6 Å². The van der Waals surface area contributed by atoms with Crippen LogP contribution in [0.5, 0.6) is 0 Å². The van der Waals surface area contributed by atoms with Gasteiger partial charge in [-0.25, -0.2) is 9.97 Å². The number of thiocarbonyl (C=S) groups is 1. The molecule has 5 heterocycles. The second-order valence-corrected chi connectivity index (χ2v) is 22.7. The molecule has 0 aliphatic carbocycles. The number of nitrogens with one attached hydrogen (secondary N) is 2. The topological polar surface area (TPSA) is 178 Å². The van der Waals surface area contributed by atoms with E-state index in [4.69, 9.17) is 12.2 Å². The van der Waals surface area contributed by atoms with Crippen LogP contribution in [0.2, 0.25) is 0 Å². The first kappa shape index (κ1) is 57.0. The third kappa shape index (κ3) is 12.7. The van der Waals surface area contributed by atoms with Gasteiger partial charge in [0, 0.05) is 68.6 Å². The van der Waals surface area contributed by atoms with Gasteiger partial charge in [0.1, 0.15) is 23.4 Å². The van der Waals surface area contributed by atoms with Crippen molar-refractivity contribution in [2.24, 2.45) is 5.41 Å². The van der Waals surface area contributed by atoms with Crippen LogP contribution in [0.25, 0.3) is 10.4 Å². The summed E-state index contributed by atoms with van der Waals surface area (Å²) in [6.45, 7) is 16.8. The molecule has 4 atom stereocenters. The SMILES string of the molecule is Cc1ncsc1-c1ccc(C(C)NC(=O)C2CC(O)CN2C(=O)C(NC(=O)CCCCN2CCN(c3ccc(C#Cc4ccc(N5C(=S)N(c6ccc(C#N)c(C(F)(F)F)c6)C(=O)C5(C)C)cc4)cn3)CC2)C(C)(C)C)cc1. The lowest BCUT2D eigenvalue weighted by Gasteiger charge is -2.36. The number of halogens is 3. The molecule has 0 spiro atoms. The summed E-state index contributed by atoms with van der Waals surface area (Å²) < 4.78 is 41.4. The Hall–Kier alpha value is -7.23. The number of aryl methyl sites for hydroxylation is 1. The molecule has 3 fully saturated rings. The average Bonchev–Trinajstić information content (AvgIpc) is 4.20. The zero-order valence-corrected chi connectivity index (χ0v) is 46.3. The Bertz CT molecular complexity index is 3150. The van der Waals surface area contributed by atoms with E-state index in [0.29, 0.717) is 23.2 Å². The quantitative estimate of drug-likeness (QED) is 0.0551. The Balaban J connectivity index is 0.774. The molecule has 0 bridgehead atoms. The fourth-order valence-corrected chi connectivity index (χ4v) is 11.3. The molecule has 4 unspecified atom stereocenters. The number of benzene rings is 3. The van der Waals surface area contributed by atoms with Gasteiger partial charge in [0.25, 0.3) is 5.91 Å². The van der Waals surface area contributed by atoms with Crippen molar-refractivity contribution in [3.8, 4) is 28.4 Å². The number of nitrogens with zero attached hydrogens (tertiary/aromatic N) is 8. The summed E-state index contributed by atoms with van der Waals surface area (Å²) in [5.41, 5.74) is 2.98. The molecule has 3 saturated heterocycles. The number of alkyl halides is 3. The number of piperazine rings is 1. The van der Waals surface area contributed by atoms with Crippen molar-refractivity contribution in [3.05, 3.63) is 124 Å². The molecule has 3 aromatic carbocycles. The molecule has 3 N–H and O–H groups in total. The van der Waals surface area contributed by atoms with E-state index in [9.17, 15) is 42.7 Å². The number of hydrogen-bond donors (Lipinski definition) is 3. The highest BCUT2D eigenvalue weighted by Gasteiger charge is 2.51. The van der Waals surface area contributed by atoms with Crippen molar-refractivity contribution >= 4 is 69.5 Å². The molecule has 3 aliphatic heterocycles. The highest BCUT2D eigenvalue weighted by atomic mass is 32.1. The Morgan fingerprint density at radius 2 is 1.58 bits per heavy atom. The molecule has 78 heavy (non-hydrogen) atoms. The predicted octanol–water partition coefficient (Wildman–Crippen LogP) is 8.38. The number of aromatic nitrogens is 2. The number of nitriles is 1. The summed E-state index contributed by atoms with van der Waals surface area (Å²) in [5, 5.41) is 26.0. The maximum Gasteiger partial charge on any atom is 0.417 e. The average molecular weight is 1100 g/mol. The number of carbonyl (C=O) groups is 4. The van der Waals surface area contributed by atoms with Gasteiger partial charge < -0.3 is 30.4 Å². The lowest BCUT2D eigenvalue weighted by atomic mass is 9.85. The van der Waals surface area contributed by atoms with Crippen LogP contribution >= 0.6 is 23.6 Å². The number of unbranched alkanes of at least 4 members (excludes halogenated alkanes) is 1. The number of rotatable bonds is 14. The number of β-amino-alcohol motifs (C(OH)–C–C–N with tert-alkyl or cyclic N) is 1. The van der Waals surface area contributed by atoms with E-state index in [1.807, 2.05) is 76.5 Å². The summed E-state index contributed by atoms with van der Waals surface area (Å²) in [7, 11) is 0. The summed E-state index contributed by atoms with van der Waals surface area (Å²) >= 11 is 7.24. The van der Waals surface area contributed by atoms with Gasteiger partial charge in [0.15, 0.2) is 5.11 Å². The van der Waals surface area contributed by atoms with Crippen LogP contribution in [0, 0.1) is 35.5 Å². The standard InChI is InChI=1S/C58H63F3N10O5S2/c1-36(40-16-18-41(19-17-40)50-37(2)64-35-78-50)65-52(74)47-31-45(72)34-69(47)53(75)51(56(3,4)5)66-49(73)10-8-9-25-67-26-28-68(29-27-67)48-24-15-39(33-63-48)12-11-38-13-21-43(22-14-38)71-55(77)70(54(76)57(71,6)7)44-23-20-42(32-62)46(30-44)58(59,60)61/h13-24,30,33,35-36,45,47,51,72H,8-10,25-29,31,34H2,1-7H3,(H,65,74)(H,66,73). The van der Waals surface area contributed by atoms with Gasteiger partial charge in [0.2, 0.25) is 17.7 Å². The van der Waals surface area contributed by atoms with Crippen molar-refractivity contribution in [2.45, 2.75) is 110 Å². The molecular formula is C58H63F3N10O5S2. The van der Waals surface area contributed by atoms with Gasteiger partial charge in [-0.3, -0.25) is 29.0 Å². The third-order valence-electron chi connectivity index (χ3n) is 14.5. The Labute approximate surface area is 462 Å². The molecule has 2 aromatic heterocycles. The molecule has 408 valence electrons. The number of pyridine rings is 1. The number of hydrogen-bond acceptors (Lipinski definition) is 12. The molecular weight excluding hydrogens is 1040 g/mol. The number of aliphatic hydroxyl groups is 1. The molecule has 5 aromatic rings. The first-order valence-electron chi connectivity index (χ1n) is 25.9. The maximum atomic E-state index is 14.2. The molecule has 15 nitrogen and oxygen atoms in total. The van der Waals surface area contributed by atoms with Gasteiger partial charge in [0.05, 0.1) is 51.1 Å². The van der Waals surface area contributed by atoms with Crippen LogP contribution in [0.3, 0.4) is 0 Å². The van der Waals surface area contributed by atoms with E-state index in [1.165, 1.54) is 11.0 Å². The van der Waals surface area contributed by atoms with Gasteiger partial charge in [-0.15, -0.1) is 11.3 Å². The fraction of sp³-hybridized carbons (Fsp3) is 0.414. The molecule has 20 heteroatoms. The van der Waals surface area contributed by atoms with E-state index in [0.717, 1.165) is 83.7 Å². The molecule has 0 saturated carbocycles. The van der Waals surface area contributed by atoms with Gasteiger partial charge in [-0.05, 0) is 130 Å². The summed E-state index contributed by atoms with van der Waals surface area (Å²) in [4.78, 5) is 73.7. The summed E-state index contributed by atoms with van der Waals surface area (Å²) in [6.07, 6.45) is -2.19. The highest BCUT2D eigenvalue weighted by Crippen LogP contribution is 2.40. The largest absolute Gasteiger partial charge is 0.417 e. The molecule has 3 aliphatic rings. The van der Waals surface area contributed by atoms with Crippen LogP contribution in [0.15, 0.2) is 90.6 Å². The number of anilines is 3. The zero-order chi connectivity index (χ0) is 56.3. The van der Waals surface area contributed by atoms with Gasteiger partial charge in [-0.1, -0.05) is 56.9 Å². The number of thiazole rings is 1. The molecule has 4 amide bonds. The lowest BCUT2D eigenvalue weighted by molar-refractivity contribution is -0.144. The van der Waals surface area contributed by atoms with Crippen LogP contribution < -0.4 is 25.3 Å². The number of carbonyl (C=O) groups excluding carboxylic acids is 4. The minimum atomic E-state index is -4.80. The second-order valence-electron chi connectivity index (χ2n) is 21.5. The van der Waals surface area contributed by atoms with Crippen molar-refractivity contribution < 1.29 is 37.5 Å². The number of aliphatic hydroxyl groups excluding tert-OH is 1. The third-order valence-corrected chi connectivity index (χ3v) is 15.8. The smallest absolute Gasteiger partial charge is 0.391 e. The van der Waals surface area contributed by atoms with Crippen LogP contribution in [-0.4, -0.2) is 117 Å². The summed E-state index contributed by atoms with van der Waals surface area (Å²) in [6, 6.07) is 21.3. The lowest BCUT2D eigenvalue weighted by Crippen LogP contribution is -2.57. The molecule has 0 radical (unpaired) electrons. The van der Waals surface area contributed by atoms with Crippen molar-refractivity contribution in [1.29, 1.82) is 5.26 Å². The Morgan fingerprint density at radius 1 is 0.910 bits per heavy atom. The van der Waals surface area contributed by atoms with E-state index in [2.05, 4.69) is 42.2 Å². The Kier molecular flexibility index (Phi) is 17.1. The second kappa shape index (κ2) is 23.4. The Morgan fingerprint density at radius 3 is 2.19 bits per heavy atom. The van der Waals surface area contributed by atoms with E-state index >= 15 is 0 Å². The molecule has 8 rings (SSSR count). The normalized spacial score (nSPS) is 18.5. The first-order chi connectivity index (χ1) is 36.9. The van der Waals surface area contributed by atoms with Gasteiger partial charge in [-0.2, -0.15) is 18.4 Å².